The van der Waals surface area contributed by atoms with Crippen LogP contribution < -0.4 is 4.90 Å². The Hall–Kier alpha value is -3.39. The first-order chi connectivity index (χ1) is 13.6. The largest absolute Gasteiger partial charge is 0.507 e. The molecule has 1 amide bonds. The quantitative estimate of drug-likeness (QED) is 0.416. The predicted octanol–water partition coefficient (Wildman–Crippen LogP) is 3.12. The number of Topliss-reactive ketones (excluding diaryl/α,β-unsaturated/α-hetero) is 1. The molecule has 1 atom stereocenters. The molecule has 0 aliphatic carbocycles. The summed E-state index contributed by atoms with van der Waals surface area (Å²) in [7, 11) is 0. The second kappa shape index (κ2) is 7.32. The van der Waals surface area contributed by atoms with E-state index in [0.717, 1.165) is 5.01 Å². The van der Waals surface area contributed by atoms with Gasteiger partial charge in [0.1, 0.15) is 10.8 Å². The average Bonchev–Trinajstić information content (AvgIpc) is 3.31. The number of aromatic nitrogens is 3. The fourth-order valence-electron chi connectivity index (χ4n) is 3.13. The molecule has 0 bridgehead atoms. The molecule has 1 aliphatic heterocycles. The summed E-state index contributed by atoms with van der Waals surface area (Å²) in [6.45, 7) is 1.94. The summed E-state index contributed by atoms with van der Waals surface area (Å²) in [4.78, 5) is 31.1. The Balaban J connectivity index is 1.92. The van der Waals surface area contributed by atoms with Gasteiger partial charge >= 0.3 is 5.91 Å². The van der Waals surface area contributed by atoms with E-state index >= 15 is 0 Å². The second-order valence-corrected chi connectivity index (χ2v) is 7.19. The molecule has 2 aromatic heterocycles. The lowest BCUT2D eigenvalue weighted by Gasteiger charge is -2.22. The maximum atomic E-state index is 12.9. The Morgan fingerprint density at radius 2 is 1.82 bits per heavy atom. The van der Waals surface area contributed by atoms with E-state index in [1.54, 1.807) is 48.8 Å². The number of carbonyl (C=O) groups is 2. The molecule has 0 spiro atoms. The van der Waals surface area contributed by atoms with Crippen molar-refractivity contribution in [3.63, 3.8) is 0 Å². The van der Waals surface area contributed by atoms with Crippen LogP contribution in [-0.2, 0) is 16.0 Å². The molecule has 8 heteroatoms. The van der Waals surface area contributed by atoms with Crippen LogP contribution in [-0.4, -0.2) is 32.0 Å². The molecule has 4 rings (SSSR count). The van der Waals surface area contributed by atoms with E-state index in [4.69, 9.17) is 0 Å². The summed E-state index contributed by atoms with van der Waals surface area (Å²) in [6, 6.07) is 11.3. The number of aliphatic hydroxyl groups excluding tert-OH is 1. The van der Waals surface area contributed by atoms with Crippen molar-refractivity contribution in [3.8, 4) is 0 Å². The molecule has 1 fully saturated rings. The second-order valence-electron chi connectivity index (χ2n) is 6.15. The van der Waals surface area contributed by atoms with Crippen LogP contribution in [0.4, 0.5) is 5.13 Å². The fraction of sp³-hybridized carbons (Fsp3) is 0.150. The van der Waals surface area contributed by atoms with Gasteiger partial charge in [-0.25, -0.2) is 0 Å². The van der Waals surface area contributed by atoms with E-state index in [-0.39, 0.29) is 11.3 Å². The first-order valence-electron chi connectivity index (χ1n) is 8.70. The van der Waals surface area contributed by atoms with E-state index in [0.29, 0.717) is 22.7 Å². The van der Waals surface area contributed by atoms with Crippen LogP contribution in [0, 0.1) is 0 Å². The maximum Gasteiger partial charge on any atom is 0.301 e. The minimum absolute atomic E-state index is 0.0237. The monoisotopic (exact) mass is 392 g/mol. The molecular weight excluding hydrogens is 376 g/mol. The predicted molar refractivity (Wildman–Crippen MR) is 105 cm³/mol. The Bertz CT molecular complexity index is 1060. The van der Waals surface area contributed by atoms with Gasteiger partial charge in [-0.05, 0) is 24.1 Å². The van der Waals surface area contributed by atoms with Crippen molar-refractivity contribution in [1.29, 1.82) is 0 Å². The van der Waals surface area contributed by atoms with Crippen molar-refractivity contribution in [1.82, 2.24) is 15.2 Å². The lowest BCUT2D eigenvalue weighted by Crippen LogP contribution is -2.29. The average molecular weight is 392 g/mol. The Morgan fingerprint density at radius 1 is 1.11 bits per heavy atom. The summed E-state index contributed by atoms with van der Waals surface area (Å²) >= 11 is 1.25. The van der Waals surface area contributed by atoms with E-state index < -0.39 is 17.7 Å². The third-order valence-corrected chi connectivity index (χ3v) is 5.55. The highest BCUT2D eigenvalue weighted by atomic mass is 32.1. The number of carbonyl (C=O) groups excluding carboxylic acids is 2. The molecule has 1 aromatic carbocycles. The van der Waals surface area contributed by atoms with E-state index in [9.17, 15) is 14.7 Å². The highest BCUT2D eigenvalue weighted by molar-refractivity contribution is 7.15. The number of aryl methyl sites for hydroxylation is 1. The molecule has 0 radical (unpaired) electrons. The van der Waals surface area contributed by atoms with Gasteiger partial charge in [-0.2, -0.15) is 0 Å². The van der Waals surface area contributed by atoms with Crippen LogP contribution in [0.5, 0.6) is 0 Å². The highest BCUT2D eigenvalue weighted by Crippen LogP contribution is 2.42. The van der Waals surface area contributed by atoms with Crippen LogP contribution in [0.2, 0.25) is 0 Å². The number of hydrogen-bond acceptors (Lipinski definition) is 7. The zero-order chi connectivity index (χ0) is 19.7. The van der Waals surface area contributed by atoms with Gasteiger partial charge in [0.05, 0.1) is 11.6 Å². The van der Waals surface area contributed by atoms with E-state index in [1.165, 1.54) is 16.2 Å². The van der Waals surface area contributed by atoms with E-state index in [1.807, 2.05) is 13.0 Å². The molecular formula is C20H16N4O3S. The molecule has 7 nitrogen and oxygen atoms in total. The Morgan fingerprint density at radius 3 is 2.46 bits per heavy atom. The number of benzene rings is 1. The third-order valence-electron chi connectivity index (χ3n) is 4.48. The van der Waals surface area contributed by atoms with Gasteiger partial charge in [-0.15, -0.1) is 10.2 Å². The summed E-state index contributed by atoms with van der Waals surface area (Å²) in [5.41, 5.74) is 1.14. The van der Waals surface area contributed by atoms with Gasteiger partial charge in [0.2, 0.25) is 5.13 Å². The lowest BCUT2D eigenvalue weighted by atomic mass is 9.96. The van der Waals surface area contributed by atoms with Crippen LogP contribution in [0.1, 0.15) is 29.1 Å². The van der Waals surface area contributed by atoms with Crippen molar-refractivity contribution >= 4 is 33.9 Å². The minimum atomic E-state index is -0.805. The molecule has 1 unspecified atom stereocenters. The van der Waals surface area contributed by atoms with Gasteiger partial charge in [0.15, 0.2) is 0 Å². The van der Waals surface area contributed by atoms with Crippen LogP contribution in [0.25, 0.3) is 5.76 Å². The van der Waals surface area contributed by atoms with Gasteiger partial charge in [0, 0.05) is 18.0 Å². The zero-order valence-corrected chi connectivity index (χ0v) is 15.8. The van der Waals surface area contributed by atoms with E-state index in [2.05, 4.69) is 15.2 Å². The van der Waals surface area contributed by atoms with Crippen molar-refractivity contribution in [2.45, 2.75) is 19.4 Å². The number of aliphatic hydroxyl groups is 1. The van der Waals surface area contributed by atoms with Crippen LogP contribution in [0.15, 0.2) is 60.4 Å². The first kappa shape index (κ1) is 18.0. The number of hydrogen-bond donors (Lipinski definition) is 1. The molecule has 3 aromatic rings. The number of anilines is 1. The van der Waals surface area contributed by atoms with Gasteiger partial charge in [0.25, 0.3) is 5.78 Å². The van der Waals surface area contributed by atoms with Crippen LogP contribution >= 0.6 is 11.3 Å². The number of amides is 1. The highest BCUT2D eigenvalue weighted by Gasteiger charge is 2.48. The Kier molecular flexibility index (Phi) is 4.70. The zero-order valence-electron chi connectivity index (χ0n) is 14.9. The minimum Gasteiger partial charge on any atom is -0.507 e. The first-order valence-corrected chi connectivity index (χ1v) is 9.52. The SMILES string of the molecule is CCc1nnc(N2C(=O)C(=O)/C(=C(/O)c3ccccc3)C2c2ccncc2)s1. The summed E-state index contributed by atoms with van der Waals surface area (Å²) in [6.07, 6.45) is 3.83. The third kappa shape index (κ3) is 2.97. The summed E-state index contributed by atoms with van der Waals surface area (Å²) in [5.74, 6) is -1.71. The van der Waals surface area contributed by atoms with Gasteiger partial charge in [-0.1, -0.05) is 48.6 Å². The summed E-state index contributed by atoms with van der Waals surface area (Å²) in [5, 5.41) is 20.1. The number of pyridine rings is 1. The molecule has 3 heterocycles. The van der Waals surface area contributed by atoms with Gasteiger partial charge in [-0.3, -0.25) is 19.5 Å². The topological polar surface area (TPSA) is 96.3 Å². The fourth-order valence-corrected chi connectivity index (χ4v) is 3.93. The molecule has 1 saturated heterocycles. The Labute approximate surface area is 165 Å². The number of nitrogens with zero attached hydrogens (tertiary/aromatic N) is 4. The van der Waals surface area contributed by atoms with Crippen molar-refractivity contribution in [2.24, 2.45) is 0 Å². The lowest BCUT2D eigenvalue weighted by molar-refractivity contribution is -0.132. The van der Waals surface area contributed by atoms with Crippen molar-refractivity contribution in [2.75, 3.05) is 4.90 Å². The molecule has 140 valence electrons. The van der Waals surface area contributed by atoms with Crippen LogP contribution in [0.3, 0.4) is 0 Å². The molecule has 28 heavy (non-hydrogen) atoms. The number of rotatable bonds is 4. The van der Waals surface area contributed by atoms with Crippen molar-refractivity contribution in [3.05, 3.63) is 76.6 Å². The maximum absolute atomic E-state index is 12.9. The molecule has 0 saturated carbocycles. The number of ketones is 1. The molecule has 1 N–H and O–H groups in total. The standard InChI is InChI=1S/C20H16N4O3S/c1-2-14-22-23-20(28-14)24-16(12-8-10-21-11-9-12)15(18(26)19(24)27)17(25)13-6-4-3-5-7-13/h3-11,16,25H,2H2,1H3/b17-15+. The summed E-state index contributed by atoms with van der Waals surface area (Å²) < 4.78 is 0. The smallest absolute Gasteiger partial charge is 0.301 e. The van der Waals surface area contributed by atoms with Gasteiger partial charge < -0.3 is 5.11 Å². The normalized spacial score (nSPS) is 18.6. The van der Waals surface area contributed by atoms with Crippen molar-refractivity contribution < 1.29 is 14.7 Å². The molecule has 1 aliphatic rings.